The molecular formula is C15H22O2. The normalized spacial score (nSPS) is 10.9. The number of allylic oxidation sites excluding steroid dienone is 1. The van der Waals surface area contributed by atoms with Crippen molar-refractivity contribution in [2.45, 2.75) is 39.5 Å². The highest BCUT2D eigenvalue weighted by Gasteiger charge is 2.21. The van der Waals surface area contributed by atoms with Crippen LogP contribution in [0.5, 0.6) is 0 Å². The van der Waals surface area contributed by atoms with Crippen LogP contribution in [-0.4, -0.2) is 12.6 Å². The second-order valence-corrected chi connectivity index (χ2v) is 3.70. The van der Waals surface area contributed by atoms with Gasteiger partial charge in [-0.1, -0.05) is 25.2 Å². The van der Waals surface area contributed by atoms with Crippen molar-refractivity contribution in [3.05, 3.63) is 24.8 Å². The van der Waals surface area contributed by atoms with Crippen molar-refractivity contribution in [2.75, 3.05) is 6.61 Å². The predicted molar refractivity (Wildman–Crippen MR) is 71.4 cm³/mol. The molecule has 0 aromatic heterocycles. The molecule has 0 rings (SSSR count). The number of carbonyl (C=O) groups is 1. The number of carbonyl (C=O) groups excluding carboxylic acids is 1. The fraction of sp³-hybridized carbons (Fsp3) is 0.533. The van der Waals surface area contributed by atoms with Crippen molar-refractivity contribution in [2.24, 2.45) is 5.92 Å². The molecule has 0 spiro atoms. The van der Waals surface area contributed by atoms with Gasteiger partial charge < -0.3 is 4.74 Å². The Labute approximate surface area is 105 Å². The van der Waals surface area contributed by atoms with Gasteiger partial charge in [-0.25, -0.2) is 0 Å². The van der Waals surface area contributed by atoms with E-state index >= 15 is 0 Å². The molecule has 0 saturated carbocycles. The van der Waals surface area contributed by atoms with E-state index in [9.17, 15) is 4.79 Å². The van der Waals surface area contributed by atoms with Crippen LogP contribution in [0.15, 0.2) is 24.8 Å². The van der Waals surface area contributed by atoms with Crippen LogP contribution in [0.2, 0.25) is 0 Å². The standard InChI is InChI=1S/C15H22O2/c1-5-8-10-12-14(15(16)17-7-3)13(4)11-9-6-2/h6,14H,2,4-5,7,9,11-12H2,1,3H3. The maximum absolute atomic E-state index is 11.8. The Morgan fingerprint density at radius 2 is 2.12 bits per heavy atom. The Balaban J connectivity index is 4.53. The molecule has 1 unspecified atom stereocenters. The van der Waals surface area contributed by atoms with Gasteiger partial charge in [-0.3, -0.25) is 4.79 Å². The van der Waals surface area contributed by atoms with Crippen LogP contribution in [0, 0.1) is 17.8 Å². The summed E-state index contributed by atoms with van der Waals surface area (Å²) in [7, 11) is 0. The van der Waals surface area contributed by atoms with E-state index in [2.05, 4.69) is 25.0 Å². The zero-order chi connectivity index (χ0) is 13.1. The van der Waals surface area contributed by atoms with E-state index in [0.717, 1.165) is 24.8 Å². The van der Waals surface area contributed by atoms with Gasteiger partial charge in [-0.05, 0) is 19.8 Å². The molecule has 0 amide bonds. The highest BCUT2D eigenvalue weighted by molar-refractivity contribution is 5.76. The van der Waals surface area contributed by atoms with Gasteiger partial charge in [0.05, 0.1) is 12.5 Å². The molecule has 0 bridgehead atoms. The van der Waals surface area contributed by atoms with Gasteiger partial charge in [-0.2, -0.15) is 0 Å². The van der Waals surface area contributed by atoms with E-state index in [1.165, 1.54) is 0 Å². The molecule has 0 aliphatic heterocycles. The van der Waals surface area contributed by atoms with E-state index < -0.39 is 0 Å². The molecule has 0 aliphatic rings. The highest BCUT2D eigenvalue weighted by Crippen LogP contribution is 2.20. The quantitative estimate of drug-likeness (QED) is 0.383. The summed E-state index contributed by atoms with van der Waals surface area (Å²) in [6, 6.07) is 0. The average molecular weight is 234 g/mol. The van der Waals surface area contributed by atoms with Crippen molar-refractivity contribution < 1.29 is 9.53 Å². The van der Waals surface area contributed by atoms with Crippen LogP contribution in [0.1, 0.15) is 39.5 Å². The molecule has 0 radical (unpaired) electrons. The molecule has 2 heteroatoms. The lowest BCUT2D eigenvalue weighted by atomic mass is 9.93. The zero-order valence-corrected chi connectivity index (χ0v) is 10.9. The highest BCUT2D eigenvalue weighted by atomic mass is 16.5. The minimum atomic E-state index is -0.297. The summed E-state index contributed by atoms with van der Waals surface area (Å²) in [5.41, 5.74) is 0.883. The Hall–Kier alpha value is -1.49. The zero-order valence-electron chi connectivity index (χ0n) is 10.9. The van der Waals surface area contributed by atoms with Gasteiger partial charge >= 0.3 is 5.97 Å². The minimum absolute atomic E-state index is 0.216. The largest absolute Gasteiger partial charge is 0.466 e. The van der Waals surface area contributed by atoms with Gasteiger partial charge in [-0.15, -0.1) is 18.4 Å². The molecule has 17 heavy (non-hydrogen) atoms. The maximum Gasteiger partial charge on any atom is 0.314 e. The summed E-state index contributed by atoms with van der Waals surface area (Å²) < 4.78 is 5.04. The van der Waals surface area contributed by atoms with Crippen LogP contribution in [-0.2, 0) is 9.53 Å². The third kappa shape index (κ3) is 6.63. The smallest absolute Gasteiger partial charge is 0.314 e. The number of esters is 1. The van der Waals surface area contributed by atoms with Gasteiger partial charge in [0.15, 0.2) is 0 Å². The van der Waals surface area contributed by atoms with Crippen LogP contribution < -0.4 is 0 Å². The fourth-order valence-corrected chi connectivity index (χ4v) is 1.40. The Morgan fingerprint density at radius 3 is 2.65 bits per heavy atom. The minimum Gasteiger partial charge on any atom is -0.466 e. The van der Waals surface area contributed by atoms with Gasteiger partial charge in [0.1, 0.15) is 0 Å². The van der Waals surface area contributed by atoms with Crippen molar-refractivity contribution in [1.82, 2.24) is 0 Å². The Morgan fingerprint density at radius 1 is 1.41 bits per heavy atom. The first kappa shape index (κ1) is 15.5. The maximum atomic E-state index is 11.8. The topological polar surface area (TPSA) is 26.3 Å². The van der Waals surface area contributed by atoms with E-state index in [1.807, 2.05) is 13.0 Å². The van der Waals surface area contributed by atoms with E-state index in [0.29, 0.717) is 13.0 Å². The first-order chi connectivity index (χ1) is 8.17. The van der Waals surface area contributed by atoms with Crippen molar-refractivity contribution in [1.29, 1.82) is 0 Å². The molecule has 0 aromatic carbocycles. The summed E-state index contributed by atoms with van der Waals surface area (Å²) in [4.78, 5) is 11.8. The Kier molecular flexibility index (Phi) is 8.86. The third-order valence-corrected chi connectivity index (χ3v) is 2.34. The number of ether oxygens (including phenoxy) is 1. The molecule has 94 valence electrons. The molecule has 0 N–H and O–H groups in total. The van der Waals surface area contributed by atoms with E-state index in [-0.39, 0.29) is 11.9 Å². The molecule has 2 nitrogen and oxygen atoms in total. The first-order valence-corrected chi connectivity index (χ1v) is 6.08. The van der Waals surface area contributed by atoms with Crippen LogP contribution >= 0.6 is 0 Å². The molecular weight excluding hydrogens is 212 g/mol. The summed E-state index contributed by atoms with van der Waals surface area (Å²) in [6.07, 6.45) is 4.72. The molecule has 0 aliphatic carbocycles. The number of hydrogen-bond acceptors (Lipinski definition) is 2. The van der Waals surface area contributed by atoms with Gasteiger partial charge in [0, 0.05) is 12.8 Å². The molecule has 0 fully saturated rings. The van der Waals surface area contributed by atoms with Crippen molar-refractivity contribution in [3.63, 3.8) is 0 Å². The van der Waals surface area contributed by atoms with Crippen molar-refractivity contribution in [3.8, 4) is 11.8 Å². The fourth-order valence-electron chi connectivity index (χ4n) is 1.40. The first-order valence-electron chi connectivity index (χ1n) is 6.08. The SMILES string of the molecule is C=CCCC(=C)C(CC#CCC)C(=O)OCC. The van der Waals surface area contributed by atoms with Gasteiger partial charge in [0.25, 0.3) is 0 Å². The lowest BCUT2D eigenvalue weighted by Crippen LogP contribution is -2.19. The third-order valence-electron chi connectivity index (χ3n) is 2.34. The van der Waals surface area contributed by atoms with Crippen LogP contribution in [0.4, 0.5) is 0 Å². The van der Waals surface area contributed by atoms with E-state index in [4.69, 9.17) is 4.74 Å². The van der Waals surface area contributed by atoms with Crippen molar-refractivity contribution >= 4 is 5.97 Å². The summed E-state index contributed by atoms with van der Waals surface area (Å²) in [5, 5.41) is 0. The predicted octanol–water partition coefficient (Wildman–Crippen LogP) is 3.49. The Bertz CT molecular complexity index is 318. The van der Waals surface area contributed by atoms with E-state index in [1.54, 1.807) is 6.92 Å². The average Bonchev–Trinajstić information content (AvgIpc) is 2.32. The second-order valence-electron chi connectivity index (χ2n) is 3.70. The molecule has 0 saturated heterocycles. The summed E-state index contributed by atoms with van der Waals surface area (Å²) >= 11 is 0. The molecule has 1 atom stereocenters. The number of rotatable bonds is 7. The second kappa shape index (κ2) is 9.72. The monoisotopic (exact) mass is 234 g/mol. The molecule has 0 heterocycles. The summed E-state index contributed by atoms with van der Waals surface area (Å²) in [5.74, 6) is 5.45. The summed E-state index contributed by atoms with van der Waals surface area (Å²) in [6.45, 7) is 11.8. The number of hydrogen-bond donors (Lipinski definition) is 0. The van der Waals surface area contributed by atoms with Crippen LogP contribution in [0.25, 0.3) is 0 Å². The van der Waals surface area contributed by atoms with Gasteiger partial charge in [0.2, 0.25) is 0 Å². The lowest BCUT2D eigenvalue weighted by molar-refractivity contribution is -0.146. The lowest BCUT2D eigenvalue weighted by Gasteiger charge is -2.15. The van der Waals surface area contributed by atoms with Crippen LogP contribution in [0.3, 0.4) is 0 Å². The molecule has 0 aromatic rings.